The van der Waals surface area contributed by atoms with Crippen LogP contribution < -0.4 is 10.0 Å². The summed E-state index contributed by atoms with van der Waals surface area (Å²) in [6.07, 6.45) is 2.51. The summed E-state index contributed by atoms with van der Waals surface area (Å²) in [6, 6.07) is 7.29. The molecule has 31 heavy (non-hydrogen) atoms. The highest BCUT2D eigenvalue weighted by Crippen LogP contribution is 2.52. The largest absolute Gasteiger partial charge is 0.481 e. The Hall–Kier alpha value is -3.01. The normalized spacial score (nSPS) is 24.7. The predicted octanol–water partition coefficient (Wildman–Crippen LogP) is 2.58. The van der Waals surface area contributed by atoms with Gasteiger partial charge >= 0.3 is 5.97 Å². The van der Waals surface area contributed by atoms with Crippen molar-refractivity contribution < 1.29 is 23.1 Å². The van der Waals surface area contributed by atoms with Crippen molar-refractivity contribution in [1.82, 2.24) is 9.97 Å². The Bertz CT molecular complexity index is 1110. The fourth-order valence-corrected chi connectivity index (χ4v) is 5.92. The summed E-state index contributed by atoms with van der Waals surface area (Å²) in [4.78, 5) is 32.6. The van der Waals surface area contributed by atoms with Crippen molar-refractivity contribution in [2.75, 3.05) is 10.0 Å². The number of hydrogen-bond acceptors (Lipinski definition) is 6. The molecule has 10 heteroatoms. The predicted molar refractivity (Wildman–Crippen MR) is 113 cm³/mol. The second kappa shape index (κ2) is 7.92. The molecule has 1 aromatic heterocycles. The van der Waals surface area contributed by atoms with Gasteiger partial charge in [-0.1, -0.05) is 0 Å². The molecule has 1 amide bonds. The van der Waals surface area contributed by atoms with Gasteiger partial charge in [-0.05, 0) is 69.2 Å². The fourth-order valence-electron chi connectivity index (χ4n) is 4.93. The van der Waals surface area contributed by atoms with Crippen molar-refractivity contribution in [3.8, 4) is 0 Å². The van der Waals surface area contributed by atoms with E-state index < -0.39 is 27.8 Å². The summed E-state index contributed by atoms with van der Waals surface area (Å²) in [6.45, 7) is 3.42. The van der Waals surface area contributed by atoms with E-state index in [1.54, 1.807) is 13.8 Å². The van der Waals surface area contributed by atoms with Crippen molar-refractivity contribution in [2.24, 2.45) is 23.7 Å². The number of rotatable bonds is 6. The van der Waals surface area contributed by atoms with Crippen molar-refractivity contribution in [1.29, 1.82) is 0 Å². The van der Waals surface area contributed by atoms with E-state index in [2.05, 4.69) is 20.0 Å². The Labute approximate surface area is 180 Å². The molecule has 4 rings (SSSR count). The Balaban J connectivity index is 1.46. The number of aliphatic carboxylic acids is 1. The maximum Gasteiger partial charge on any atom is 0.307 e. The van der Waals surface area contributed by atoms with Gasteiger partial charge in [0.2, 0.25) is 5.91 Å². The lowest BCUT2D eigenvalue weighted by Gasteiger charge is -2.27. The molecule has 0 radical (unpaired) electrons. The number of nitrogens with zero attached hydrogens (tertiary/aromatic N) is 2. The van der Waals surface area contributed by atoms with Crippen LogP contribution in [0.2, 0.25) is 0 Å². The number of aromatic nitrogens is 2. The summed E-state index contributed by atoms with van der Waals surface area (Å²) in [5.41, 5.74) is 1.06. The average Bonchev–Trinajstić information content (AvgIpc) is 3.28. The topological polar surface area (TPSA) is 138 Å². The third-order valence-electron chi connectivity index (χ3n) is 6.14. The number of benzene rings is 1. The lowest BCUT2D eigenvalue weighted by atomic mass is 9.78. The van der Waals surface area contributed by atoms with E-state index in [-0.39, 0.29) is 28.5 Å². The molecule has 1 heterocycles. The van der Waals surface area contributed by atoms with Crippen molar-refractivity contribution in [3.05, 3.63) is 41.9 Å². The molecular weight excluding hydrogens is 420 g/mol. The minimum absolute atomic E-state index is 0.0164. The lowest BCUT2D eigenvalue weighted by Crippen LogP contribution is -2.37. The maximum absolute atomic E-state index is 12.8. The molecule has 2 fully saturated rings. The van der Waals surface area contributed by atoms with E-state index in [0.29, 0.717) is 17.2 Å². The number of nitrogens with one attached hydrogen (secondary N) is 2. The number of anilines is 2. The lowest BCUT2D eigenvalue weighted by molar-refractivity contribution is -0.148. The van der Waals surface area contributed by atoms with Crippen molar-refractivity contribution >= 4 is 33.4 Å². The first-order valence-corrected chi connectivity index (χ1v) is 11.6. The van der Waals surface area contributed by atoms with Crippen LogP contribution in [0.4, 0.5) is 11.5 Å². The zero-order chi connectivity index (χ0) is 22.3. The first kappa shape index (κ1) is 21.2. The monoisotopic (exact) mass is 444 g/mol. The summed E-state index contributed by atoms with van der Waals surface area (Å²) < 4.78 is 27.7. The Morgan fingerprint density at radius 2 is 1.68 bits per heavy atom. The van der Waals surface area contributed by atoms with Crippen LogP contribution in [0.5, 0.6) is 0 Å². The van der Waals surface area contributed by atoms with E-state index in [4.69, 9.17) is 0 Å². The van der Waals surface area contributed by atoms with Crippen molar-refractivity contribution in [3.63, 3.8) is 0 Å². The third kappa shape index (κ3) is 4.25. The zero-order valence-electron chi connectivity index (χ0n) is 17.2. The van der Waals surface area contributed by atoms with Gasteiger partial charge in [-0.15, -0.1) is 0 Å². The van der Waals surface area contributed by atoms with Crippen LogP contribution in [-0.2, 0) is 19.6 Å². The molecule has 0 saturated heterocycles. The molecule has 2 aliphatic rings. The van der Waals surface area contributed by atoms with Gasteiger partial charge in [-0.3, -0.25) is 14.3 Å². The fraction of sp³-hybridized carbons (Fsp3) is 0.429. The van der Waals surface area contributed by atoms with Crippen LogP contribution in [0.3, 0.4) is 0 Å². The van der Waals surface area contributed by atoms with Crippen LogP contribution >= 0.6 is 0 Å². The Morgan fingerprint density at radius 3 is 2.29 bits per heavy atom. The van der Waals surface area contributed by atoms with Crippen LogP contribution in [0.1, 0.15) is 30.8 Å². The van der Waals surface area contributed by atoms with Crippen LogP contribution in [0, 0.1) is 37.5 Å². The molecule has 9 nitrogen and oxygen atoms in total. The molecule has 4 unspecified atom stereocenters. The number of sulfonamides is 1. The first-order chi connectivity index (χ1) is 14.6. The minimum atomic E-state index is -3.87. The molecule has 2 saturated carbocycles. The van der Waals surface area contributed by atoms with Crippen LogP contribution in [0.15, 0.2) is 35.2 Å². The average molecular weight is 445 g/mol. The number of carboxylic acid groups (broad SMARTS) is 1. The van der Waals surface area contributed by atoms with Gasteiger partial charge in [0.05, 0.1) is 16.7 Å². The molecule has 2 bridgehead atoms. The quantitative estimate of drug-likeness (QED) is 0.622. The third-order valence-corrected chi connectivity index (χ3v) is 7.51. The number of carboxylic acids is 1. The second-order valence-electron chi connectivity index (χ2n) is 8.28. The zero-order valence-corrected chi connectivity index (χ0v) is 18.0. The molecule has 2 aromatic rings. The van der Waals surface area contributed by atoms with E-state index in [0.717, 1.165) is 19.3 Å². The molecule has 2 aliphatic carbocycles. The molecule has 3 N–H and O–H groups in total. The molecule has 1 aromatic carbocycles. The molecule has 0 aliphatic heterocycles. The first-order valence-electron chi connectivity index (χ1n) is 10.1. The van der Waals surface area contributed by atoms with E-state index >= 15 is 0 Å². The standard InChI is InChI=1S/C21H24N4O5S/c1-11-9-17(23-12(2)22-11)25-31(29,30)16-7-5-15(6-8-16)24-20(26)18-13-3-4-14(10-13)19(18)21(27)28/h5-9,13-14,18-19H,3-4,10H2,1-2H3,(H,24,26)(H,27,28)(H,22,23,25). The van der Waals surface area contributed by atoms with Crippen LogP contribution in [-0.4, -0.2) is 35.4 Å². The Morgan fingerprint density at radius 1 is 1.03 bits per heavy atom. The molecule has 0 spiro atoms. The summed E-state index contributed by atoms with van der Waals surface area (Å²) in [5.74, 6) is -1.65. The molecule has 4 atom stereocenters. The highest BCUT2D eigenvalue weighted by atomic mass is 32.2. The summed E-state index contributed by atoms with van der Waals surface area (Å²) >= 11 is 0. The maximum atomic E-state index is 12.8. The number of fused-ring (bicyclic) bond motifs is 2. The van der Waals surface area contributed by atoms with E-state index in [1.807, 2.05) is 0 Å². The van der Waals surface area contributed by atoms with Gasteiger partial charge in [0.1, 0.15) is 11.6 Å². The molecular formula is C21H24N4O5S. The SMILES string of the molecule is Cc1cc(NS(=O)(=O)c2ccc(NC(=O)C3C4CCC(C4)C3C(=O)O)cc2)nc(C)n1. The summed E-state index contributed by atoms with van der Waals surface area (Å²) in [5, 5.41) is 12.3. The smallest absolute Gasteiger partial charge is 0.307 e. The summed E-state index contributed by atoms with van der Waals surface area (Å²) in [7, 11) is -3.87. The number of amides is 1. The molecule has 164 valence electrons. The second-order valence-corrected chi connectivity index (χ2v) is 9.97. The van der Waals surface area contributed by atoms with Gasteiger partial charge in [0.15, 0.2) is 0 Å². The van der Waals surface area contributed by atoms with Gasteiger partial charge in [-0.25, -0.2) is 18.4 Å². The van der Waals surface area contributed by atoms with Gasteiger partial charge in [0.25, 0.3) is 10.0 Å². The number of carbonyl (C=O) groups is 2. The van der Waals surface area contributed by atoms with Crippen LogP contribution in [0.25, 0.3) is 0 Å². The number of hydrogen-bond donors (Lipinski definition) is 3. The van der Waals surface area contributed by atoms with E-state index in [9.17, 15) is 23.1 Å². The van der Waals surface area contributed by atoms with E-state index in [1.165, 1.54) is 30.3 Å². The number of carbonyl (C=O) groups excluding carboxylic acids is 1. The highest BCUT2D eigenvalue weighted by Gasteiger charge is 2.53. The van der Waals surface area contributed by atoms with Gasteiger partial charge in [0, 0.05) is 17.4 Å². The highest BCUT2D eigenvalue weighted by molar-refractivity contribution is 7.92. The number of aryl methyl sites for hydroxylation is 2. The van der Waals surface area contributed by atoms with Gasteiger partial charge < -0.3 is 10.4 Å². The Kier molecular flexibility index (Phi) is 5.42. The van der Waals surface area contributed by atoms with Gasteiger partial charge in [-0.2, -0.15) is 0 Å². The minimum Gasteiger partial charge on any atom is -0.481 e. The van der Waals surface area contributed by atoms with Crippen molar-refractivity contribution in [2.45, 2.75) is 38.0 Å².